The van der Waals surface area contributed by atoms with Crippen molar-refractivity contribution >= 4 is 29.0 Å². The molecule has 2 aliphatic rings. The van der Waals surface area contributed by atoms with E-state index in [0.29, 0.717) is 12.8 Å². The molecule has 5 heteroatoms. The molecule has 1 aromatic heterocycles. The van der Waals surface area contributed by atoms with Gasteiger partial charge in [-0.2, -0.15) is 11.8 Å². The summed E-state index contributed by atoms with van der Waals surface area (Å²) in [7, 11) is 0. The summed E-state index contributed by atoms with van der Waals surface area (Å²) in [6.07, 6.45) is 2.28. The van der Waals surface area contributed by atoms with Crippen LogP contribution < -0.4 is 5.32 Å². The van der Waals surface area contributed by atoms with E-state index >= 15 is 0 Å². The topological polar surface area (TPSA) is 49.3 Å². The Bertz CT molecular complexity index is 414. The van der Waals surface area contributed by atoms with Crippen LogP contribution >= 0.6 is 23.1 Å². The number of thioether (sulfide) groups is 1. The predicted octanol–water partition coefficient (Wildman–Crippen LogP) is 1.79. The van der Waals surface area contributed by atoms with Crippen molar-refractivity contribution < 1.29 is 9.90 Å². The monoisotopic (exact) mass is 269 g/mol. The van der Waals surface area contributed by atoms with Gasteiger partial charge in [0.05, 0.1) is 11.0 Å². The molecule has 3 nitrogen and oxygen atoms in total. The maximum Gasteiger partial charge on any atom is 0.261 e. The molecule has 0 atom stereocenters. The molecule has 0 bridgehead atoms. The van der Waals surface area contributed by atoms with Crippen molar-refractivity contribution in [2.45, 2.75) is 37.2 Å². The summed E-state index contributed by atoms with van der Waals surface area (Å²) in [6.45, 7) is 0. The number of aliphatic hydroxyl groups is 1. The van der Waals surface area contributed by atoms with Crippen molar-refractivity contribution in [3.05, 3.63) is 21.4 Å². The lowest BCUT2D eigenvalue weighted by Crippen LogP contribution is -2.46. The maximum atomic E-state index is 12.0. The highest BCUT2D eigenvalue weighted by molar-refractivity contribution is 7.98. The molecule has 1 fully saturated rings. The summed E-state index contributed by atoms with van der Waals surface area (Å²) in [6, 6.07) is 2.21. The second kappa shape index (κ2) is 4.63. The number of nitrogens with one attached hydrogen (secondary N) is 1. The Balaban J connectivity index is 1.67. The number of carbonyl (C=O) groups is 1. The number of thiophene rings is 1. The SMILES string of the molecule is O=C(NC1CC(O)C1)c1cc2c(s1)CCSC2. The maximum absolute atomic E-state index is 12.0. The lowest BCUT2D eigenvalue weighted by atomic mass is 9.89. The molecule has 2 N–H and O–H groups in total. The van der Waals surface area contributed by atoms with Crippen molar-refractivity contribution in [1.82, 2.24) is 5.32 Å². The van der Waals surface area contributed by atoms with Crippen LogP contribution in [0.5, 0.6) is 0 Å². The first-order chi connectivity index (χ1) is 8.22. The molecule has 1 saturated carbocycles. The molecular weight excluding hydrogens is 254 g/mol. The quantitative estimate of drug-likeness (QED) is 0.860. The Morgan fingerprint density at radius 1 is 1.47 bits per heavy atom. The zero-order valence-corrected chi connectivity index (χ0v) is 11.1. The number of aryl methyl sites for hydroxylation is 1. The van der Waals surface area contributed by atoms with Crippen LogP contribution in [0.1, 0.15) is 33.0 Å². The lowest BCUT2D eigenvalue weighted by Gasteiger charge is -2.31. The van der Waals surface area contributed by atoms with Gasteiger partial charge in [-0.15, -0.1) is 11.3 Å². The third-order valence-electron chi connectivity index (χ3n) is 3.30. The van der Waals surface area contributed by atoms with Crippen molar-refractivity contribution in [3.8, 4) is 0 Å². The summed E-state index contributed by atoms with van der Waals surface area (Å²) in [4.78, 5) is 14.2. The first-order valence-electron chi connectivity index (χ1n) is 5.90. The first-order valence-corrected chi connectivity index (χ1v) is 7.88. The molecule has 1 amide bonds. The molecule has 0 radical (unpaired) electrons. The van der Waals surface area contributed by atoms with Gasteiger partial charge in [-0.1, -0.05) is 0 Å². The molecule has 92 valence electrons. The lowest BCUT2D eigenvalue weighted by molar-refractivity contribution is 0.0564. The van der Waals surface area contributed by atoms with Crippen LogP contribution in [-0.4, -0.2) is 28.9 Å². The third kappa shape index (κ3) is 2.37. The van der Waals surface area contributed by atoms with E-state index < -0.39 is 0 Å². The van der Waals surface area contributed by atoms with Crippen molar-refractivity contribution in [2.75, 3.05) is 5.75 Å². The van der Waals surface area contributed by atoms with Gasteiger partial charge >= 0.3 is 0 Å². The Labute approximate surface area is 109 Å². The van der Waals surface area contributed by atoms with Gasteiger partial charge in [0.1, 0.15) is 0 Å². The van der Waals surface area contributed by atoms with Gasteiger partial charge in [-0.3, -0.25) is 4.79 Å². The second-order valence-electron chi connectivity index (χ2n) is 4.66. The summed E-state index contributed by atoms with van der Waals surface area (Å²) in [5.74, 6) is 2.25. The molecular formula is C12H15NO2S2. The smallest absolute Gasteiger partial charge is 0.261 e. The number of amides is 1. The van der Waals surface area contributed by atoms with Crippen LogP contribution in [0.15, 0.2) is 6.07 Å². The van der Waals surface area contributed by atoms with Gasteiger partial charge in [-0.25, -0.2) is 0 Å². The van der Waals surface area contributed by atoms with E-state index in [9.17, 15) is 9.90 Å². The van der Waals surface area contributed by atoms with Crippen LogP contribution in [0.3, 0.4) is 0 Å². The van der Waals surface area contributed by atoms with E-state index in [-0.39, 0.29) is 18.1 Å². The number of aliphatic hydroxyl groups excluding tert-OH is 1. The first kappa shape index (κ1) is 11.6. The molecule has 0 spiro atoms. The molecule has 1 aliphatic carbocycles. The highest BCUT2D eigenvalue weighted by Gasteiger charge is 2.29. The zero-order chi connectivity index (χ0) is 11.8. The molecule has 1 aromatic rings. The Kier molecular flexibility index (Phi) is 3.15. The molecule has 17 heavy (non-hydrogen) atoms. The second-order valence-corrected chi connectivity index (χ2v) is 6.90. The number of rotatable bonds is 2. The van der Waals surface area contributed by atoms with Gasteiger partial charge in [-0.05, 0) is 36.6 Å². The summed E-state index contributed by atoms with van der Waals surface area (Å²) in [5, 5.41) is 12.2. The van der Waals surface area contributed by atoms with E-state index in [4.69, 9.17) is 0 Å². The standard InChI is InChI=1S/C12H15NO2S2/c14-9-4-8(5-9)13-12(15)11-3-7-6-16-2-1-10(7)17-11/h3,8-9,14H,1-2,4-6H2,(H,13,15). The third-order valence-corrected chi connectivity index (χ3v) is 5.54. The van der Waals surface area contributed by atoms with E-state index in [1.807, 2.05) is 17.8 Å². The van der Waals surface area contributed by atoms with Crippen LogP contribution in [0, 0.1) is 0 Å². The van der Waals surface area contributed by atoms with E-state index in [2.05, 4.69) is 5.32 Å². The van der Waals surface area contributed by atoms with E-state index in [0.717, 1.165) is 17.1 Å². The minimum Gasteiger partial charge on any atom is -0.393 e. The molecule has 0 aromatic carbocycles. The largest absolute Gasteiger partial charge is 0.393 e. The normalized spacial score (nSPS) is 27.1. The Morgan fingerprint density at radius 3 is 3.00 bits per heavy atom. The van der Waals surface area contributed by atoms with Gasteiger partial charge in [0.2, 0.25) is 0 Å². The number of hydrogen-bond donors (Lipinski definition) is 2. The molecule has 0 unspecified atom stereocenters. The van der Waals surface area contributed by atoms with Crippen molar-refractivity contribution in [3.63, 3.8) is 0 Å². The summed E-state index contributed by atoms with van der Waals surface area (Å²) >= 11 is 3.57. The van der Waals surface area contributed by atoms with E-state index in [1.165, 1.54) is 16.2 Å². The Hall–Kier alpha value is -0.520. The van der Waals surface area contributed by atoms with Crippen molar-refractivity contribution in [1.29, 1.82) is 0 Å². The molecule has 0 saturated heterocycles. The fourth-order valence-corrected chi connectivity index (χ4v) is 4.50. The summed E-state index contributed by atoms with van der Waals surface area (Å²) < 4.78 is 0. The fourth-order valence-electron chi connectivity index (χ4n) is 2.22. The minimum absolute atomic E-state index is 0.0336. The van der Waals surface area contributed by atoms with Crippen molar-refractivity contribution in [2.24, 2.45) is 0 Å². The summed E-state index contributed by atoms with van der Waals surface area (Å²) in [5.41, 5.74) is 1.34. The zero-order valence-electron chi connectivity index (χ0n) is 9.44. The fraction of sp³-hybridized carbons (Fsp3) is 0.583. The van der Waals surface area contributed by atoms with Crippen LogP contribution in [0.2, 0.25) is 0 Å². The van der Waals surface area contributed by atoms with Gasteiger partial charge in [0.15, 0.2) is 0 Å². The van der Waals surface area contributed by atoms with Gasteiger partial charge in [0.25, 0.3) is 5.91 Å². The predicted molar refractivity (Wildman–Crippen MR) is 70.7 cm³/mol. The van der Waals surface area contributed by atoms with Crippen LogP contribution in [0.25, 0.3) is 0 Å². The Morgan fingerprint density at radius 2 is 2.29 bits per heavy atom. The number of hydrogen-bond acceptors (Lipinski definition) is 4. The number of fused-ring (bicyclic) bond motifs is 1. The van der Waals surface area contributed by atoms with Crippen LogP contribution in [-0.2, 0) is 12.2 Å². The molecule has 1 aliphatic heterocycles. The minimum atomic E-state index is -0.215. The van der Waals surface area contributed by atoms with Crippen LogP contribution in [0.4, 0.5) is 0 Å². The highest BCUT2D eigenvalue weighted by atomic mass is 32.2. The van der Waals surface area contributed by atoms with Gasteiger partial charge < -0.3 is 10.4 Å². The average Bonchev–Trinajstić information content (AvgIpc) is 2.70. The molecule has 2 heterocycles. The number of carbonyl (C=O) groups excluding carboxylic acids is 1. The highest BCUT2D eigenvalue weighted by Crippen LogP contribution is 2.32. The van der Waals surface area contributed by atoms with Gasteiger partial charge in [0, 0.05) is 16.7 Å². The van der Waals surface area contributed by atoms with E-state index in [1.54, 1.807) is 11.3 Å². The average molecular weight is 269 g/mol. The molecule has 3 rings (SSSR count).